The SMILES string of the molecule is Cn1cc(CCNC(=O)C[C@@H]2NC(=O)N(c3ccccc3)C2=O)c2ccccc21. The highest BCUT2D eigenvalue weighted by atomic mass is 16.2. The third-order valence-electron chi connectivity index (χ3n) is 5.12. The monoisotopic (exact) mass is 390 g/mol. The minimum Gasteiger partial charge on any atom is -0.356 e. The second-order valence-corrected chi connectivity index (χ2v) is 7.10. The van der Waals surface area contributed by atoms with Crippen molar-refractivity contribution in [1.29, 1.82) is 0 Å². The number of para-hydroxylation sites is 2. The largest absolute Gasteiger partial charge is 0.356 e. The highest BCUT2D eigenvalue weighted by molar-refractivity contribution is 6.22. The Labute approximate surface area is 168 Å². The molecule has 0 spiro atoms. The Kier molecular flexibility index (Phi) is 5.03. The first-order valence-corrected chi connectivity index (χ1v) is 9.54. The summed E-state index contributed by atoms with van der Waals surface area (Å²) in [6.07, 6.45) is 2.67. The number of carbonyl (C=O) groups excluding carboxylic acids is 3. The predicted octanol–water partition coefficient (Wildman–Crippen LogP) is 2.35. The van der Waals surface area contributed by atoms with Crippen LogP contribution in [0.25, 0.3) is 10.9 Å². The van der Waals surface area contributed by atoms with Gasteiger partial charge >= 0.3 is 6.03 Å². The van der Waals surface area contributed by atoms with Crippen LogP contribution in [0.1, 0.15) is 12.0 Å². The normalized spacial score (nSPS) is 16.3. The topological polar surface area (TPSA) is 83.4 Å². The smallest absolute Gasteiger partial charge is 0.329 e. The Morgan fingerprint density at radius 2 is 1.79 bits per heavy atom. The lowest BCUT2D eigenvalue weighted by Gasteiger charge is -2.12. The number of amides is 4. The molecule has 1 aliphatic rings. The molecule has 2 heterocycles. The molecule has 7 heteroatoms. The van der Waals surface area contributed by atoms with Crippen LogP contribution < -0.4 is 15.5 Å². The van der Waals surface area contributed by atoms with Gasteiger partial charge in [0.15, 0.2) is 0 Å². The average Bonchev–Trinajstić information content (AvgIpc) is 3.19. The van der Waals surface area contributed by atoms with Gasteiger partial charge in [0.1, 0.15) is 6.04 Å². The van der Waals surface area contributed by atoms with Crippen molar-refractivity contribution in [2.24, 2.45) is 7.05 Å². The minimum absolute atomic E-state index is 0.0799. The molecule has 29 heavy (non-hydrogen) atoms. The molecule has 0 unspecified atom stereocenters. The zero-order valence-corrected chi connectivity index (χ0v) is 16.1. The summed E-state index contributed by atoms with van der Waals surface area (Å²) in [5.74, 6) is -0.677. The lowest BCUT2D eigenvalue weighted by molar-refractivity contribution is -0.125. The van der Waals surface area contributed by atoms with Gasteiger partial charge in [0.05, 0.1) is 12.1 Å². The van der Waals surface area contributed by atoms with Gasteiger partial charge in [0, 0.05) is 30.7 Å². The van der Waals surface area contributed by atoms with Gasteiger partial charge in [0.25, 0.3) is 5.91 Å². The quantitative estimate of drug-likeness (QED) is 0.634. The van der Waals surface area contributed by atoms with E-state index in [4.69, 9.17) is 0 Å². The Morgan fingerprint density at radius 1 is 1.07 bits per heavy atom. The zero-order valence-electron chi connectivity index (χ0n) is 16.1. The van der Waals surface area contributed by atoms with Crippen LogP contribution in [0.2, 0.25) is 0 Å². The average molecular weight is 390 g/mol. The van der Waals surface area contributed by atoms with Crippen LogP contribution in [0.3, 0.4) is 0 Å². The maximum Gasteiger partial charge on any atom is 0.329 e. The van der Waals surface area contributed by atoms with Crippen molar-refractivity contribution in [3.8, 4) is 0 Å². The number of hydrogen-bond donors (Lipinski definition) is 2. The van der Waals surface area contributed by atoms with Crippen LogP contribution in [0.5, 0.6) is 0 Å². The van der Waals surface area contributed by atoms with Crippen LogP contribution in [0, 0.1) is 0 Å². The van der Waals surface area contributed by atoms with E-state index in [0.717, 1.165) is 16.0 Å². The first-order chi connectivity index (χ1) is 14.0. The first kappa shape index (κ1) is 18.7. The molecule has 0 radical (unpaired) electrons. The van der Waals surface area contributed by atoms with Gasteiger partial charge < -0.3 is 15.2 Å². The summed E-state index contributed by atoms with van der Waals surface area (Å²) < 4.78 is 2.07. The molecule has 1 aromatic heterocycles. The summed E-state index contributed by atoms with van der Waals surface area (Å²) in [5.41, 5.74) is 2.80. The summed E-state index contributed by atoms with van der Waals surface area (Å²) in [6, 6.07) is 15.5. The number of hydrogen-bond acceptors (Lipinski definition) is 3. The van der Waals surface area contributed by atoms with Gasteiger partial charge in [0.2, 0.25) is 5.91 Å². The fourth-order valence-corrected chi connectivity index (χ4v) is 3.71. The number of fused-ring (bicyclic) bond motifs is 1. The molecule has 1 fully saturated rings. The number of nitrogens with zero attached hydrogens (tertiary/aromatic N) is 2. The molecule has 3 aromatic rings. The van der Waals surface area contributed by atoms with E-state index in [2.05, 4.69) is 33.5 Å². The van der Waals surface area contributed by atoms with E-state index in [1.165, 1.54) is 5.39 Å². The number of anilines is 1. The van der Waals surface area contributed by atoms with Crippen molar-refractivity contribution in [3.05, 3.63) is 66.4 Å². The number of imide groups is 1. The molecular formula is C22H22N4O3. The Bertz CT molecular complexity index is 1070. The summed E-state index contributed by atoms with van der Waals surface area (Å²) in [7, 11) is 2.00. The van der Waals surface area contributed by atoms with Gasteiger partial charge in [-0.2, -0.15) is 0 Å². The lowest BCUT2D eigenvalue weighted by atomic mass is 10.1. The number of nitrogens with one attached hydrogen (secondary N) is 2. The van der Waals surface area contributed by atoms with Gasteiger partial charge in [-0.25, -0.2) is 9.69 Å². The number of aryl methyl sites for hydroxylation is 1. The standard InChI is InChI=1S/C22H22N4O3/c1-25-14-15(17-9-5-6-10-19(17)25)11-12-23-20(27)13-18-21(28)26(22(29)24-18)16-7-3-2-4-8-16/h2-10,14,18H,11-13H2,1H3,(H,23,27)(H,24,29)/t18-/m0/s1. The maximum absolute atomic E-state index is 12.6. The molecule has 7 nitrogen and oxygen atoms in total. The molecule has 1 atom stereocenters. The fourth-order valence-electron chi connectivity index (χ4n) is 3.71. The first-order valence-electron chi connectivity index (χ1n) is 9.54. The molecule has 0 saturated carbocycles. The van der Waals surface area contributed by atoms with Crippen molar-refractivity contribution in [2.75, 3.05) is 11.4 Å². The summed E-state index contributed by atoms with van der Waals surface area (Å²) >= 11 is 0. The van der Waals surface area contributed by atoms with E-state index < -0.39 is 18.0 Å². The molecule has 2 aromatic carbocycles. The van der Waals surface area contributed by atoms with Crippen molar-refractivity contribution in [1.82, 2.24) is 15.2 Å². The van der Waals surface area contributed by atoms with E-state index in [1.807, 2.05) is 25.2 Å². The molecule has 148 valence electrons. The number of carbonyl (C=O) groups is 3. The van der Waals surface area contributed by atoms with Crippen LogP contribution in [-0.4, -0.2) is 35.0 Å². The van der Waals surface area contributed by atoms with Crippen molar-refractivity contribution in [2.45, 2.75) is 18.9 Å². The van der Waals surface area contributed by atoms with E-state index in [1.54, 1.807) is 24.3 Å². The van der Waals surface area contributed by atoms with Gasteiger partial charge in [-0.3, -0.25) is 9.59 Å². The summed E-state index contributed by atoms with van der Waals surface area (Å²) in [6.45, 7) is 0.462. The highest BCUT2D eigenvalue weighted by Crippen LogP contribution is 2.21. The molecule has 0 aliphatic carbocycles. The highest BCUT2D eigenvalue weighted by Gasteiger charge is 2.39. The van der Waals surface area contributed by atoms with Crippen LogP contribution in [0.4, 0.5) is 10.5 Å². The third kappa shape index (κ3) is 3.71. The van der Waals surface area contributed by atoms with Crippen LogP contribution in [0.15, 0.2) is 60.8 Å². The Morgan fingerprint density at radius 3 is 2.59 bits per heavy atom. The molecule has 0 bridgehead atoms. The number of benzene rings is 2. The van der Waals surface area contributed by atoms with Gasteiger partial charge in [-0.1, -0.05) is 36.4 Å². The Hall–Kier alpha value is -3.61. The van der Waals surface area contributed by atoms with Crippen LogP contribution in [-0.2, 0) is 23.1 Å². The zero-order chi connectivity index (χ0) is 20.4. The number of rotatable bonds is 6. The second-order valence-electron chi connectivity index (χ2n) is 7.10. The van der Waals surface area contributed by atoms with Crippen molar-refractivity contribution >= 4 is 34.4 Å². The summed E-state index contributed by atoms with van der Waals surface area (Å²) in [5, 5.41) is 6.61. The molecular weight excluding hydrogens is 368 g/mol. The van der Waals surface area contributed by atoms with E-state index in [0.29, 0.717) is 18.7 Å². The third-order valence-corrected chi connectivity index (χ3v) is 5.12. The molecule has 1 saturated heterocycles. The predicted molar refractivity (Wildman–Crippen MR) is 110 cm³/mol. The number of urea groups is 1. The fraction of sp³-hybridized carbons (Fsp3) is 0.227. The van der Waals surface area contributed by atoms with Crippen molar-refractivity contribution < 1.29 is 14.4 Å². The maximum atomic E-state index is 12.6. The molecule has 1 aliphatic heterocycles. The van der Waals surface area contributed by atoms with E-state index in [9.17, 15) is 14.4 Å². The summed E-state index contributed by atoms with van der Waals surface area (Å²) in [4.78, 5) is 38.1. The van der Waals surface area contributed by atoms with Crippen LogP contribution >= 0.6 is 0 Å². The van der Waals surface area contributed by atoms with E-state index >= 15 is 0 Å². The van der Waals surface area contributed by atoms with E-state index in [-0.39, 0.29) is 12.3 Å². The molecule has 4 rings (SSSR count). The molecule has 2 N–H and O–H groups in total. The van der Waals surface area contributed by atoms with Gasteiger partial charge in [-0.05, 0) is 30.2 Å². The van der Waals surface area contributed by atoms with Gasteiger partial charge in [-0.15, -0.1) is 0 Å². The molecule has 4 amide bonds. The Balaban J connectivity index is 1.33. The minimum atomic E-state index is -0.847. The number of aromatic nitrogens is 1. The lowest BCUT2D eigenvalue weighted by Crippen LogP contribution is -2.37. The second kappa shape index (κ2) is 7.79. The van der Waals surface area contributed by atoms with Crippen molar-refractivity contribution in [3.63, 3.8) is 0 Å².